The summed E-state index contributed by atoms with van der Waals surface area (Å²) >= 11 is 0. The number of nitrogens with zero attached hydrogens (tertiary/aromatic N) is 1. The molecule has 2 heteroatoms. The molecule has 18 heavy (non-hydrogen) atoms. The van der Waals surface area contributed by atoms with Crippen molar-refractivity contribution in [3.05, 3.63) is 58.4 Å². The maximum absolute atomic E-state index is 13.3. The van der Waals surface area contributed by atoms with Gasteiger partial charge >= 0.3 is 0 Å². The summed E-state index contributed by atoms with van der Waals surface area (Å²) in [6.07, 6.45) is 0. The van der Waals surface area contributed by atoms with Gasteiger partial charge in [0, 0.05) is 0 Å². The molecule has 0 aromatic heterocycles. The summed E-state index contributed by atoms with van der Waals surface area (Å²) in [5, 5.41) is 9.25. The van der Waals surface area contributed by atoms with Gasteiger partial charge < -0.3 is 0 Å². The molecule has 2 rings (SSSR count). The second kappa shape index (κ2) is 4.62. The van der Waals surface area contributed by atoms with Crippen LogP contribution in [-0.2, 0) is 0 Å². The lowest BCUT2D eigenvalue weighted by Crippen LogP contribution is -1.92. The van der Waals surface area contributed by atoms with Crippen LogP contribution >= 0.6 is 0 Å². The molecule has 0 atom stereocenters. The Balaban J connectivity index is 2.70. The quantitative estimate of drug-likeness (QED) is 0.728. The topological polar surface area (TPSA) is 23.8 Å². The zero-order valence-electron chi connectivity index (χ0n) is 10.7. The molecule has 0 fully saturated rings. The van der Waals surface area contributed by atoms with Crippen molar-refractivity contribution < 1.29 is 4.39 Å². The first kappa shape index (κ1) is 12.3. The molecule has 1 nitrogen and oxygen atoms in total. The molecule has 0 aliphatic heterocycles. The zero-order chi connectivity index (χ0) is 13.3. The van der Waals surface area contributed by atoms with E-state index in [1.165, 1.54) is 6.07 Å². The third kappa shape index (κ3) is 2.12. The molecule has 0 spiro atoms. The molecule has 2 aromatic carbocycles. The summed E-state index contributed by atoms with van der Waals surface area (Å²) in [5.41, 5.74) is 5.07. The van der Waals surface area contributed by atoms with Crippen molar-refractivity contribution in [1.29, 1.82) is 5.26 Å². The Labute approximate surface area is 107 Å². The van der Waals surface area contributed by atoms with Gasteiger partial charge in [-0.2, -0.15) is 5.26 Å². The van der Waals surface area contributed by atoms with E-state index >= 15 is 0 Å². The van der Waals surface area contributed by atoms with Crippen molar-refractivity contribution in [2.24, 2.45) is 0 Å². The van der Waals surface area contributed by atoms with Gasteiger partial charge in [0.15, 0.2) is 0 Å². The maximum atomic E-state index is 13.3. The highest BCUT2D eigenvalue weighted by molar-refractivity contribution is 5.73. The van der Waals surface area contributed by atoms with Crippen LogP contribution in [0.25, 0.3) is 11.1 Å². The number of aryl methyl sites for hydroxylation is 3. The molecule has 0 amide bonds. The van der Waals surface area contributed by atoms with Gasteiger partial charge in [-0.1, -0.05) is 23.8 Å². The Kier molecular flexibility index (Phi) is 3.16. The first-order valence-electron chi connectivity index (χ1n) is 5.81. The van der Waals surface area contributed by atoms with Crippen LogP contribution in [-0.4, -0.2) is 0 Å². The van der Waals surface area contributed by atoms with Crippen LogP contribution in [0.3, 0.4) is 0 Å². The summed E-state index contributed by atoms with van der Waals surface area (Å²) < 4.78 is 13.3. The molecule has 0 aliphatic carbocycles. The van der Waals surface area contributed by atoms with Gasteiger partial charge in [-0.15, -0.1) is 0 Å². The van der Waals surface area contributed by atoms with Crippen LogP contribution in [0.15, 0.2) is 30.3 Å². The molecule has 0 saturated carbocycles. The van der Waals surface area contributed by atoms with Crippen molar-refractivity contribution in [3.63, 3.8) is 0 Å². The molecular formula is C16H14FN. The fourth-order valence-electron chi connectivity index (χ4n) is 2.16. The molecule has 0 radical (unpaired) electrons. The predicted molar refractivity (Wildman–Crippen MR) is 70.8 cm³/mol. The van der Waals surface area contributed by atoms with E-state index in [1.54, 1.807) is 19.1 Å². The van der Waals surface area contributed by atoms with E-state index in [9.17, 15) is 9.65 Å². The van der Waals surface area contributed by atoms with Crippen LogP contribution in [0.2, 0.25) is 0 Å². The van der Waals surface area contributed by atoms with E-state index < -0.39 is 0 Å². The number of hydrogen-bond acceptors (Lipinski definition) is 1. The SMILES string of the molecule is Cc1cc(C)c(C#N)c(-c2ccc(F)c(C)c2)c1. The van der Waals surface area contributed by atoms with E-state index in [0.29, 0.717) is 11.1 Å². The van der Waals surface area contributed by atoms with Crippen LogP contribution in [0.4, 0.5) is 4.39 Å². The Morgan fingerprint density at radius 2 is 1.72 bits per heavy atom. The average molecular weight is 239 g/mol. The number of benzene rings is 2. The Morgan fingerprint density at radius 1 is 1.00 bits per heavy atom. The van der Waals surface area contributed by atoms with Crippen molar-refractivity contribution in [2.45, 2.75) is 20.8 Å². The molecule has 0 bridgehead atoms. The van der Waals surface area contributed by atoms with E-state index in [1.807, 2.05) is 26.0 Å². The smallest absolute Gasteiger partial charge is 0.126 e. The van der Waals surface area contributed by atoms with E-state index in [4.69, 9.17) is 0 Å². The summed E-state index contributed by atoms with van der Waals surface area (Å²) in [7, 11) is 0. The highest BCUT2D eigenvalue weighted by Crippen LogP contribution is 2.28. The Morgan fingerprint density at radius 3 is 2.33 bits per heavy atom. The molecule has 0 N–H and O–H groups in total. The van der Waals surface area contributed by atoms with Crippen LogP contribution in [0.1, 0.15) is 22.3 Å². The minimum Gasteiger partial charge on any atom is -0.207 e. The predicted octanol–water partition coefficient (Wildman–Crippen LogP) is 4.29. The molecule has 0 aliphatic rings. The maximum Gasteiger partial charge on any atom is 0.126 e. The largest absolute Gasteiger partial charge is 0.207 e. The monoisotopic (exact) mass is 239 g/mol. The summed E-state index contributed by atoms with van der Waals surface area (Å²) in [4.78, 5) is 0. The number of rotatable bonds is 1. The second-order valence-electron chi connectivity index (χ2n) is 4.58. The Hall–Kier alpha value is -2.14. The number of halogens is 1. The first-order valence-corrected chi connectivity index (χ1v) is 5.81. The summed E-state index contributed by atoms with van der Waals surface area (Å²) in [6, 6.07) is 11.1. The van der Waals surface area contributed by atoms with Gasteiger partial charge in [0.25, 0.3) is 0 Å². The minimum absolute atomic E-state index is 0.221. The highest BCUT2D eigenvalue weighted by Gasteiger charge is 2.10. The lowest BCUT2D eigenvalue weighted by molar-refractivity contribution is 0.619. The van der Waals surface area contributed by atoms with Gasteiger partial charge in [-0.3, -0.25) is 0 Å². The lowest BCUT2D eigenvalue weighted by atomic mass is 9.93. The fraction of sp³-hybridized carbons (Fsp3) is 0.188. The fourth-order valence-corrected chi connectivity index (χ4v) is 2.16. The normalized spacial score (nSPS) is 10.2. The third-order valence-corrected chi connectivity index (χ3v) is 3.06. The second-order valence-corrected chi connectivity index (χ2v) is 4.58. The van der Waals surface area contributed by atoms with Crippen LogP contribution in [0, 0.1) is 37.9 Å². The average Bonchev–Trinajstić information content (AvgIpc) is 2.32. The number of hydrogen-bond donors (Lipinski definition) is 0. The van der Waals surface area contributed by atoms with E-state index in [2.05, 4.69) is 6.07 Å². The molecule has 90 valence electrons. The van der Waals surface area contributed by atoms with Gasteiger partial charge in [0.05, 0.1) is 5.56 Å². The number of nitriles is 1. The van der Waals surface area contributed by atoms with Crippen LogP contribution in [0.5, 0.6) is 0 Å². The van der Waals surface area contributed by atoms with Gasteiger partial charge in [0.2, 0.25) is 0 Å². The summed E-state index contributed by atoms with van der Waals surface area (Å²) in [6.45, 7) is 5.65. The minimum atomic E-state index is -0.221. The van der Waals surface area contributed by atoms with Gasteiger partial charge in [0.1, 0.15) is 11.9 Å². The van der Waals surface area contributed by atoms with Gasteiger partial charge in [-0.05, 0) is 55.2 Å². The molecule has 0 unspecified atom stereocenters. The van der Waals surface area contributed by atoms with Crippen LogP contribution < -0.4 is 0 Å². The summed E-state index contributed by atoms with van der Waals surface area (Å²) in [5.74, 6) is -0.221. The van der Waals surface area contributed by atoms with Crippen molar-refractivity contribution in [2.75, 3.05) is 0 Å². The van der Waals surface area contributed by atoms with Gasteiger partial charge in [-0.25, -0.2) is 4.39 Å². The van der Waals surface area contributed by atoms with Crippen molar-refractivity contribution >= 4 is 0 Å². The standard InChI is InChI=1S/C16H14FN/c1-10-6-11(2)15(9-18)14(7-10)13-4-5-16(17)12(3)8-13/h4-8H,1-3H3. The highest BCUT2D eigenvalue weighted by atomic mass is 19.1. The van der Waals surface area contributed by atoms with Crippen molar-refractivity contribution in [3.8, 4) is 17.2 Å². The third-order valence-electron chi connectivity index (χ3n) is 3.06. The molecule has 0 heterocycles. The molecular weight excluding hydrogens is 225 g/mol. The zero-order valence-corrected chi connectivity index (χ0v) is 10.7. The van der Waals surface area contributed by atoms with Crippen molar-refractivity contribution in [1.82, 2.24) is 0 Å². The first-order chi connectivity index (χ1) is 8.52. The molecule has 2 aromatic rings. The Bertz CT molecular complexity index is 651. The molecule has 0 saturated heterocycles. The van der Waals surface area contributed by atoms with E-state index in [-0.39, 0.29) is 5.82 Å². The lowest BCUT2D eigenvalue weighted by Gasteiger charge is -2.10. The van der Waals surface area contributed by atoms with E-state index in [0.717, 1.165) is 22.3 Å².